The van der Waals surface area contributed by atoms with Crippen LogP contribution in [0.1, 0.15) is 15.9 Å². The first-order valence-corrected chi connectivity index (χ1v) is 10.5. The van der Waals surface area contributed by atoms with Gasteiger partial charge in [-0.3, -0.25) is 14.9 Å². The number of nitro benzene ring substituents is 1. The Balaban J connectivity index is 1.73. The van der Waals surface area contributed by atoms with Crippen LogP contribution < -0.4 is 0 Å². The average Bonchev–Trinajstić information content (AvgIpc) is 3.03. The van der Waals surface area contributed by atoms with E-state index in [0.717, 1.165) is 10.0 Å². The Bertz CT molecular complexity index is 1380. The van der Waals surface area contributed by atoms with Crippen molar-refractivity contribution in [2.24, 2.45) is 10.2 Å². The van der Waals surface area contributed by atoms with Crippen LogP contribution in [0.2, 0.25) is 5.02 Å². The minimum absolute atomic E-state index is 0.128. The second-order valence-corrected chi connectivity index (χ2v) is 8.14. The summed E-state index contributed by atoms with van der Waals surface area (Å²) in [6.45, 7) is 0.287. The van der Waals surface area contributed by atoms with Crippen LogP contribution in [0.5, 0.6) is 5.88 Å². The summed E-state index contributed by atoms with van der Waals surface area (Å²) in [6, 6.07) is 17.7. The topological polar surface area (TPSA) is 110 Å². The second kappa shape index (κ2) is 8.89. The number of benzene rings is 3. The molecule has 4 rings (SSSR count). The quantitative estimate of drug-likeness (QED) is 0.183. The fraction of sp³-hybridized carbons (Fsp3) is 0.0455. The molecule has 3 aromatic carbocycles. The molecule has 0 spiro atoms. The third-order valence-corrected chi connectivity index (χ3v) is 5.69. The van der Waals surface area contributed by atoms with E-state index in [2.05, 4.69) is 26.2 Å². The third kappa shape index (κ3) is 4.25. The molecule has 8 nitrogen and oxygen atoms in total. The molecule has 0 bridgehead atoms. The van der Waals surface area contributed by atoms with E-state index in [9.17, 15) is 20.0 Å². The lowest BCUT2D eigenvalue weighted by atomic mass is 10.2. The first-order chi connectivity index (χ1) is 15.3. The number of hydrogen-bond donors (Lipinski definition) is 1. The summed E-state index contributed by atoms with van der Waals surface area (Å²) in [5.74, 6) is -0.862. The van der Waals surface area contributed by atoms with Gasteiger partial charge in [-0.05, 0) is 42.0 Å². The number of hydrogen-bond acceptors (Lipinski definition) is 5. The molecule has 0 aliphatic carbocycles. The number of azo groups is 1. The van der Waals surface area contributed by atoms with Gasteiger partial charge in [0, 0.05) is 32.6 Å². The van der Waals surface area contributed by atoms with Crippen molar-refractivity contribution in [2.75, 3.05) is 0 Å². The summed E-state index contributed by atoms with van der Waals surface area (Å²) >= 11 is 9.69. The lowest BCUT2D eigenvalue weighted by Crippen LogP contribution is -1.99. The molecule has 0 atom stereocenters. The molecule has 0 aliphatic rings. The maximum Gasteiger partial charge on any atom is 0.295 e. The number of halogens is 2. The van der Waals surface area contributed by atoms with Gasteiger partial charge in [0.15, 0.2) is 5.69 Å². The Morgan fingerprint density at radius 3 is 2.53 bits per heavy atom. The molecule has 0 saturated carbocycles. The van der Waals surface area contributed by atoms with Crippen LogP contribution in [0.4, 0.5) is 11.4 Å². The predicted octanol–water partition coefficient (Wildman–Crippen LogP) is 6.64. The van der Waals surface area contributed by atoms with E-state index < -0.39 is 10.8 Å². The zero-order chi connectivity index (χ0) is 22.8. The van der Waals surface area contributed by atoms with E-state index >= 15 is 0 Å². The van der Waals surface area contributed by atoms with Crippen molar-refractivity contribution in [2.45, 2.75) is 6.54 Å². The molecule has 0 saturated heterocycles. The highest BCUT2D eigenvalue weighted by Gasteiger charge is 2.19. The monoisotopic (exact) mass is 512 g/mol. The Hall–Kier alpha value is -3.56. The zero-order valence-electron chi connectivity index (χ0n) is 16.3. The second-order valence-electron chi connectivity index (χ2n) is 6.82. The van der Waals surface area contributed by atoms with Crippen LogP contribution >= 0.6 is 27.5 Å². The van der Waals surface area contributed by atoms with Crippen molar-refractivity contribution < 1.29 is 14.8 Å². The van der Waals surface area contributed by atoms with Gasteiger partial charge >= 0.3 is 0 Å². The Morgan fingerprint density at radius 1 is 1.12 bits per heavy atom. The van der Waals surface area contributed by atoms with Crippen LogP contribution in [0.3, 0.4) is 0 Å². The maximum atomic E-state index is 12.4. The minimum Gasteiger partial charge on any atom is -0.493 e. The molecule has 1 heterocycles. The fourth-order valence-corrected chi connectivity index (χ4v) is 3.79. The van der Waals surface area contributed by atoms with Crippen LogP contribution in [0.25, 0.3) is 10.9 Å². The Morgan fingerprint density at radius 2 is 1.84 bits per heavy atom. The first kappa shape index (κ1) is 21.7. The number of nitrogens with zero attached hydrogens (tertiary/aromatic N) is 4. The highest BCUT2D eigenvalue weighted by Crippen LogP contribution is 2.41. The van der Waals surface area contributed by atoms with E-state index in [1.807, 2.05) is 30.3 Å². The molecule has 0 unspecified atom stereocenters. The van der Waals surface area contributed by atoms with E-state index in [0.29, 0.717) is 15.9 Å². The van der Waals surface area contributed by atoms with E-state index in [-0.39, 0.29) is 29.4 Å². The number of aromatic hydroxyl groups is 1. The van der Waals surface area contributed by atoms with Gasteiger partial charge in [0.1, 0.15) is 0 Å². The van der Waals surface area contributed by atoms with Gasteiger partial charge < -0.3 is 9.67 Å². The number of amides is 1. The normalized spacial score (nSPS) is 11.3. The van der Waals surface area contributed by atoms with Crippen molar-refractivity contribution in [3.8, 4) is 5.88 Å². The maximum absolute atomic E-state index is 12.4. The fourth-order valence-electron chi connectivity index (χ4n) is 3.23. The minimum atomic E-state index is -0.693. The van der Waals surface area contributed by atoms with Gasteiger partial charge in [0.05, 0.1) is 17.0 Å². The summed E-state index contributed by atoms with van der Waals surface area (Å²) in [4.78, 5) is 22.6. The summed E-state index contributed by atoms with van der Waals surface area (Å²) in [6.07, 6.45) is 0. The average molecular weight is 514 g/mol. The van der Waals surface area contributed by atoms with Gasteiger partial charge in [-0.15, -0.1) is 10.2 Å². The number of carbonyl (C=O) groups excluding carboxylic acids is 1. The molecule has 1 aromatic heterocycles. The molecule has 32 heavy (non-hydrogen) atoms. The van der Waals surface area contributed by atoms with Gasteiger partial charge in [-0.2, -0.15) is 0 Å². The van der Waals surface area contributed by atoms with Gasteiger partial charge in [-0.25, -0.2) is 0 Å². The molecule has 0 aliphatic heterocycles. The van der Waals surface area contributed by atoms with Gasteiger partial charge in [0.25, 0.3) is 11.6 Å². The summed E-state index contributed by atoms with van der Waals surface area (Å²) in [5.41, 5.74) is 1.61. The highest BCUT2D eigenvalue weighted by atomic mass is 79.9. The first-order valence-electron chi connectivity index (χ1n) is 9.30. The Kier molecular flexibility index (Phi) is 6.02. The van der Waals surface area contributed by atoms with Crippen molar-refractivity contribution in [1.29, 1.82) is 0 Å². The number of carbonyl (C=O) groups is 1. The standard InChI is InChI=1S/C22H14BrClN4O4/c23-15-7-10-19-17(11-15)20(22(30)27(19)12-14-3-1-2-4-18(14)24)25-26-21(29)13-5-8-16(9-6-13)28(31)32/h1-11,30H,12H2. The van der Waals surface area contributed by atoms with Gasteiger partial charge in [0.2, 0.25) is 5.88 Å². The summed E-state index contributed by atoms with van der Waals surface area (Å²) in [5, 5.41) is 30.5. The number of nitro groups is 1. The van der Waals surface area contributed by atoms with Crippen molar-refractivity contribution in [3.05, 3.63) is 97.5 Å². The lowest BCUT2D eigenvalue weighted by molar-refractivity contribution is -0.384. The van der Waals surface area contributed by atoms with Crippen molar-refractivity contribution in [3.63, 3.8) is 0 Å². The van der Waals surface area contributed by atoms with Crippen LogP contribution in [0, 0.1) is 10.1 Å². The van der Waals surface area contributed by atoms with E-state index in [1.165, 1.54) is 24.3 Å². The SMILES string of the molecule is O=C(N=Nc1c(O)n(Cc2ccccc2Cl)c2ccc(Br)cc12)c1ccc([N+](=O)[O-])cc1. The number of non-ortho nitro benzene ring substituents is 1. The molecule has 10 heteroatoms. The third-order valence-electron chi connectivity index (χ3n) is 4.82. The molecule has 0 fully saturated rings. The molecular weight excluding hydrogens is 500 g/mol. The molecule has 1 amide bonds. The number of rotatable bonds is 5. The Labute approximate surface area is 195 Å². The largest absolute Gasteiger partial charge is 0.493 e. The molecule has 0 radical (unpaired) electrons. The van der Waals surface area contributed by atoms with Crippen molar-refractivity contribution in [1.82, 2.24) is 4.57 Å². The smallest absolute Gasteiger partial charge is 0.295 e. The zero-order valence-corrected chi connectivity index (χ0v) is 18.6. The van der Waals surface area contributed by atoms with E-state index in [1.54, 1.807) is 16.7 Å². The number of aromatic nitrogens is 1. The van der Waals surface area contributed by atoms with E-state index in [4.69, 9.17) is 11.6 Å². The molecule has 4 aromatic rings. The molecular formula is C22H14BrClN4O4. The van der Waals surface area contributed by atoms with Crippen LogP contribution in [0.15, 0.2) is 81.4 Å². The summed E-state index contributed by atoms with van der Waals surface area (Å²) < 4.78 is 2.39. The van der Waals surface area contributed by atoms with Gasteiger partial charge in [-0.1, -0.05) is 45.7 Å². The summed E-state index contributed by atoms with van der Waals surface area (Å²) in [7, 11) is 0. The lowest BCUT2D eigenvalue weighted by Gasteiger charge is -2.08. The highest BCUT2D eigenvalue weighted by molar-refractivity contribution is 9.10. The van der Waals surface area contributed by atoms with Crippen molar-refractivity contribution >= 4 is 55.7 Å². The predicted molar refractivity (Wildman–Crippen MR) is 124 cm³/mol. The number of fused-ring (bicyclic) bond motifs is 1. The molecule has 160 valence electrons. The molecule has 1 N–H and O–H groups in total. The van der Waals surface area contributed by atoms with Crippen LogP contribution in [-0.2, 0) is 6.54 Å². The van der Waals surface area contributed by atoms with Crippen LogP contribution in [-0.4, -0.2) is 20.5 Å².